The molecule has 194 valence electrons. The van der Waals surface area contributed by atoms with Crippen LogP contribution in [0.1, 0.15) is 34.6 Å². The van der Waals surface area contributed by atoms with Gasteiger partial charge in [-0.15, -0.1) is 5.53 Å². The second kappa shape index (κ2) is 12.6. The van der Waals surface area contributed by atoms with E-state index in [9.17, 15) is 14.9 Å². The predicted molar refractivity (Wildman–Crippen MR) is 141 cm³/mol. The van der Waals surface area contributed by atoms with Crippen molar-refractivity contribution >= 4 is 23.4 Å². The second-order valence-electron chi connectivity index (χ2n) is 8.29. The van der Waals surface area contributed by atoms with E-state index in [1.807, 2.05) is 24.3 Å². The lowest BCUT2D eigenvalue weighted by Crippen LogP contribution is -2.42. The molecule has 38 heavy (non-hydrogen) atoms. The minimum atomic E-state index is -0.778. The summed E-state index contributed by atoms with van der Waals surface area (Å²) in [7, 11) is 0. The fourth-order valence-corrected chi connectivity index (χ4v) is 3.65. The van der Waals surface area contributed by atoms with Crippen molar-refractivity contribution in [2.75, 3.05) is 13.1 Å². The molecule has 10 nitrogen and oxygen atoms in total. The van der Waals surface area contributed by atoms with Crippen LogP contribution in [0.25, 0.3) is 0 Å². The smallest absolute Gasteiger partial charge is 0.271 e. The van der Waals surface area contributed by atoms with E-state index in [0.717, 1.165) is 12.0 Å². The van der Waals surface area contributed by atoms with Gasteiger partial charge in [0.25, 0.3) is 11.8 Å². The van der Waals surface area contributed by atoms with Crippen molar-refractivity contribution < 1.29 is 14.3 Å². The van der Waals surface area contributed by atoms with Gasteiger partial charge in [-0.05, 0) is 53.9 Å². The van der Waals surface area contributed by atoms with Gasteiger partial charge < -0.3 is 15.4 Å². The number of pyridine rings is 1. The van der Waals surface area contributed by atoms with E-state index in [-0.39, 0.29) is 23.8 Å². The number of amides is 2. The number of benzene rings is 2. The summed E-state index contributed by atoms with van der Waals surface area (Å²) in [5, 5.41) is 17.2. The van der Waals surface area contributed by atoms with Crippen LogP contribution in [0.15, 0.2) is 78.8 Å². The molecule has 0 saturated heterocycles. The maximum absolute atomic E-state index is 12.6. The highest BCUT2D eigenvalue weighted by atomic mass is 35.5. The number of hydrazine groups is 2. The zero-order valence-electron chi connectivity index (χ0n) is 20.6. The number of hydrogen-bond donors (Lipinski definition) is 4. The third-order valence-electron chi connectivity index (χ3n) is 5.65. The molecule has 2 aromatic carbocycles. The molecule has 11 heteroatoms. The average molecular weight is 532 g/mol. The Bertz CT molecular complexity index is 1340. The summed E-state index contributed by atoms with van der Waals surface area (Å²) in [4.78, 5) is 29.2. The second-order valence-corrected chi connectivity index (χ2v) is 8.73. The van der Waals surface area contributed by atoms with E-state index in [1.165, 1.54) is 6.20 Å². The minimum absolute atomic E-state index is 0.242. The van der Waals surface area contributed by atoms with E-state index in [0.29, 0.717) is 28.6 Å². The van der Waals surface area contributed by atoms with Crippen LogP contribution in [-0.4, -0.2) is 34.9 Å². The van der Waals surface area contributed by atoms with Gasteiger partial charge in [0, 0.05) is 17.8 Å². The monoisotopic (exact) mass is 531 g/mol. The van der Waals surface area contributed by atoms with Crippen LogP contribution in [0.3, 0.4) is 0 Å². The maximum Gasteiger partial charge on any atom is 0.271 e. The Morgan fingerprint density at radius 3 is 2.47 bits per heavy atom. The van der Waals surface area contributed by atoms with Crippen molar-refractivity contribution in [3.05, 3.63) is 101 Å². The zero-order chi connectivity index (χ0) is 26.9. The Morgan fingerprint density at radius 1 is 1.08 bits per heavy atom. The van der Waals surface area contributed by atoms with Gasteiger partial charge in [-0.2, -0.15) is 5.26 Å². The van der Waals surface area contributed by atoms with Crippen LogP contribution in [0.2, 0.25) is 5.02 Å². The summed E-state index contributed by atoms with van der Waals surface area (Å²) in [6.45, 7) is 2.71. The lowest BCUT2D eigenvalue weighted by molar-refractivity contribution is -0.118. The van der Waals surface area contributed by atoms with Crippen LogP contribution in [0.5, 0.6) is 11.5 Å². The highest BCUT2D eigenvalue weighted by Crippen LogP contribution is 2.22. The van der Waals surface area contributed by atoms with Crippen molar-refractivity contribution in [3.8, 4) is 17.6 Å². The molecule has 0 bridgehead atoms. The molecule has 4 rings (SSSR count). The first-order valence-corrected chi connectivity index (χ1v) is 12.3. The van der Waals surface area contributed by atoms with Gasteiger partial charge in [0.1, 0.15) is 28.9 Å². The van der Waals surface area contributed by atoms with Gasteiger partial charge in [0.05, 0.1) is 18.8 Å². The number of carbonyl (C=O) groups excluding carboxylic acids is 2. The molecule has 0 aliphatic carbocycles. The fourth-order valence-electron chi connectivity index (χ4n) is 3.53. The molecule has 1 aliphatic rings. The topological polar surface area (TPSA) is 131 Å². The Labute approximate surface area is 225 Å². The number of nitrogens with zero attached hydrogens (tertiary/aromatic N) is 3. The first-order chi connectivity index (χ1) is 18.4. The summed E-state index contributed by atoms with van der Waals surface area (Å²) >= 11 is 5.87. The van der Waals surface area contributed by atoms with Gasteiger partial charge in [-0.3, -0.25) is 20.0 Å². The third kappa shape index (κ3) is 7.00. The summed E-state index contributed by atoms with van der Waals surface area (Å²) < 4.78 is 5.68. The van der Waals surface area contributed by atoms with Gasteiger partial charge in [0.15, 0.2) is 0 Å². The Kier molecular flexibility index (Phi) is 8.77. The highest BCUT2D eigenvalue weighted by Gasteiger charge is 2.21. The van der Waals surface area contributed by atoms with Crippen LogP contribution < -0.4 is 26.3 Å². The molecule has 1 atom stereocenters. The van der Waals surface area contributed by atoms with E-state index >= 15 is 0 Å². The quantitative estimate of drug-likeness (QED) is 0.313. The zero-order valence-corrected chi connectivity index (χ0v) is 21.3. The number of nitriles is 1. The molecular weight excluding hydrogens is 506 g/mol. The van der Waals surface area contributed by atoms with Crippen LogP contribution in [0, 0.1) is 11.3 Å². The van der Waals surface area contributed by atoms with E-state index in [1.54, 1.807) is 47.6 Å². The van der Waals surface area contributed by atoms with E-state index < -0.39 is 11.9 Å². The minimum Gasteiger partial charge on any atom is -0.456 e. The van der Waals surface area contributed by atoms with Gasteiger partial charge in [-0.25, -0.2) is 4.98 Å². The first-order valence-electron chi connectivity index (χ1n) is 11.9. The number of nitrogens with one attached hydrogen (secondary N) is 4. The molecule has 0 spiro atoms. The molecule has 1 aliphatic heterocycles. The molecule has 0 radical (unpaired) electrons. The van der Waals surface area contributed by atoms with Gasteiger partial charge >= 0.3 is 0 Å². The number of aryl methyl sites for hydroxylation is 1. The summed E-state index contributed by atoms with van der Waals surface area (Å²) in [5.74, 6) is 0.321. The molecule has 3 aromatic rings. The molecular formula is C27H26ClN7O3. The number of hydrogen-bond acceptors (Lipinski definition) is 8. The lowest BCUT2D eigenvalue weighted by Gasteiger charge is -2.15. The molecule has 2 heterocycles. The fraction of sp³-hybridized carbons (Fsp3) is 0.185. The molecule has 1 unspecified atom stereocenters. The Hall–Kier alpha value is -4.59. The Morgan fingerprint density at radius 2 is 1.82 bits per heavy atom. The van der Waals surface area contributed by atoms with Crippen LogP contribution in [0.4, 0.5) is 0 Å². The Balaban J connectivity index is 1.23. The number of rotatable bonds is 10. The first kappa shape index (κ1) is 26.5. The van der Waals surface area contributed by atoms with Crippen molar-refractivity contribution in [3.63, 3.8) is 0 Å². The standard InChI is InChI=1S/C27H26ClN7O3/c1-2-18-3-5-19(6-4-18)24(15-29)32-27(37)25-17-35(34-33-25)14-13-30-26(36)23-12-11-22(16-31-23)38-21-9-7-20(28)8-10-21/h3-12,16-17,24,33-34H,2,13-14H2,1H3,(H,30,36)(H,32,37). The number of halogens is 1. The number of ether oxygens (including phenoxy) is 1. The lowest BCUT2D eigenvalue weighted by atomic mass is 10.0. The van der Waals surface area contributed by atoms with Gasteiger partial charge in [0.2, 0.25) is 0 Å². The van der Waals surface area contributed by atoms with Crippen molar-refractivity contribution in [2.45, 2.75) is 19.4 Å². The largest absolute Gasteiger partial charge is 0.456 e. The SMILES string of the molecule is CCc1ccc(C(C#N)NC(=O)C2=CN(CCNC(=O)c3ccc(Oc4ccc(Cl)cc4)cn3)NN2)cc1. The molecule has 4 N–H and O–H groups in total. The van der Waals surface area contributed by atoms with Crippen molar-refractivity contribution in [1.82, 2.24) is 31.6 Å². The van der Waals surface area contributed by atoms with Crippen molar-refractivity contribution in [2.24, 2.45) is 0 Å². The van der Waals surface area contributed by atoms with Crippen LogP contribution in [-0.2, 0) is 11.2 Å². The van der Waals surface area contributed by atoms with Crippen molar-refractivity contribution in [1.29, 1.82) is 5.26 Å². The molecule has 2 amide bonds. The van der Waals surface area contributed by atoms with E-state index in [4.69, 9.17) is 16.3 Å². The summed E-state index contributed by atoms with van der Waals surface area (Å²) in [6, 6.07) is 19.0. The average Bonchev–Trinajstić information content (AvgIpc) is 3.42. The number of aromatic nitrogens is 1. The molecule has 0 fully saturated rings. The van der Waals surface area contributed by atoms with E-state index in [2.05, 4.69) is 39.6 Å². The highest BCUT2D eigenvalue weighted by molar-refractivity contribution is 6.30. The number of carbonyl (C=O) groups is 2. The van der Waals surface area contributed by atoms with Gasteiger partial charge in [-0.1, -0.05) is 42.8 Å². The third-order valence-corrected chi connectivity index (χ3v) is 5.90. The summed E-state index contributed by atoms with van der Waals surface area (Å²) in [6.07, 6.45) is 3.93. The summed E-state index contributed by atoms with van der Waals surface area (Å²) in [5.41, 5.74) is 7.97. The van der Waals surface area contributed by atoms with Crippen LogP contribution >= 0.6 is 11.6 Å². The molecule has 1 aromatic heterocycles. The maximum atomic E-state index is 12.6. The normalized spacial score (nSPS) is 13.1. The predicted octanol–water partition coefficient (Wildman–Crippen LogP) is 3.37. The molecule has 0 saturated carbocycles.